The van der Waals surface area contributed by atoms with Crippen LogP contribution in [-0.4, -0.2) is 17.3 Å². The minimum absolute atomic E-state index is 0.0154. The number of benzene rings is 1. The van der Waals surface area contributed by atoms with Crippen molar-refractivity contribution in [1.82, 2.24) is 0 Å². The monoisotopic (exact) mass is 251 g/mol. The summed E-state index contributed by atoms with van der Waals surface area (Å²) in [7, 11) is 0. The summed E-state index contributed by atoms with van der Waals surface area (Å²) in [6.45, 7) is 1.43. The van der Waals surface area contributed by atoms with Crippen LogP contribution in [0.3, 0.4) is 0 Å². The summed E-state index contributed by atoms with van der Waals surface area (Å²) in [4.78, 5) is 0. The molecule has 0 fully saturated rings. The number of alkyl halides is 3. The quantitative estimate of drug-likeness (QED) is 0.808. The molecule has 0 saturated heterocycles. The van der Waals surface area contributed by atoms with Gasteiger partial charge >= 0.3 is 6.18 Å². The van der Waals surface area contributed by atoms with Crippen LogP contribution in [-0.2, 0) is 12.6 Å². The van der Waals surface area contributed by atoms with E-state index in [-0.39, 0.29) is 12.0 Å². The Morgan fingerprint density at radius 1 is 1.29 bits per heavy atom. The second kappa shape index (κ2) is 5.01. The molecule has 0 aromatic heterocycles. The van der Waals surface area contributed by atoms with Crippen molar-refractivity contribution in [1.29, 1.82) is 0 Å². The fraction of sp³-hybridized carbons (Fsp3) is 0.455. The van der Waals surface area contributed by atoms with Crippen LogP contribution in [0.5, 0.6) is 0 Å². The summed E-state index contributed by atoms with van der Waals surface area (Å²) >= 11 is 0. The zero-order valence-electron chi connectivity index (χ0n) is 9.13. The van der Waals surface area contributed by atoms with Crippen LogP contribution >= 0.6 is 0 Å². The molecule has 0 heterocycles. The predicted octanol–water partition coefficient (Wildman–Crippen LogP) is 2.10. The first-order valence-corrected chi connectivity index (χ1v) is 5.00. The van der Waals surface area contributed by atoms with Gasteiger partial charge in [-0.05, 0) is 37.1 Å². The van der Waals surface area contributed by atoms with Gasteiger partial charge in [-0.3, -0.25) is 0 Å². The lowest BCUT2D eigenvalue weighted by Crippen LogP contribution is -2.34. The van der Waals surface area contributed by atoms with Crippen LogP contribution in [0.2, 0.25) is 0 Å². The third-order valence-corrected chi connectivity index (χ3v) is 2.38. The SMILES string of the molecule is C[C@@H](O)[C@@H](N)Cc1cc(F)cc(C(F)(F)F)c1. The molecule has 0 bridgehead atoms. The van der Waals surface area contributed by atoms with Gasteiger partial charge in [0.05, 0.1) is 11.7 Å². The van der Waals surface area contributed by atoms with Crippen LogP contribution in [0.1, 0.15) is 18.1 Å². The molecule has 6 heteroatoms. The molecule has 0 unspecified atom stereocenters. The zero-order valence-corrected chi connectivity index (χ0v) is 9.13. The maximum Gasteiger partial charge on any atom is 0.416 e. The Morgan fingerprint density at radius 2 is 1.88 bits per heavy atom. The molecule has 0 aliphatic rings. The second-order valence-electron chi connectivity index (χ2n) is 3.95. The Morgan fingerprint density at radius 3 is 2.35 bits per heavy atom. The van der Waals surface area contributed by atoms with Gasteiger partial charge in [0.2, 0.25) is 0 Å². The summed E-state index contributed by atoms with van der Waals surface area (Å²) in [5.74, 6) is -0.965. The molecule has 0 saturated carbocycles. The number of nitrogens with two attached hydrogens (primary N) is 1. The van der Waals surface area contributed by atoms with Crippen molar-refractivity contribution in [3.8, 4) is 0 Å². The Balaban J connectivity index is 2.98. The summed E-state index contributed by atoms with van der Waals surface area (Å²) in [5.41, 5.74) is 4.57. The molecule has 0 spiro atoms. The van der Waals surface area contributed by atoms with Gasteiger partial charge in [-0.15, -0.1) is 0 Å². The molecule has 0 aliphatic heterocycles. The van der Waals surface area contributed by atoms with E-state index in [1.54, 1.807) is 0 Å². The summed E-state index contributed by atoms with van der Waals surface area (Å²) in [5, 5.41) is 9.14. The van der Waals surface area contributed by atoms with Crippen molar-refractivity contribution in [3.63, 3.8) is 0 Å². The highest BCUT2D eigenvalue weighted by Crippen LogP contribution is 2.30. The zero-order chi connectivity index (χ0) is 13.2. The fourth-order valence-electron chi connectivity index (χ4n) is 1.37. The maximum absolute atomic E-state index is 13.0. The van der Waals surface area contributed by atoms with E-state index in [0.29, 0.717) is 6.07 Å². The third-order valence-electron chi connectivity index (χ3n) is 2.38. The molecule has 1 aromatic rings. The molecule has 1 aromatic carbocycles. The lowest BCUT2D eigenvalue weighted by molar-refractivity contribution is -0.137. The van der Waals surface area contributed by atoms with Gasteiger partial charge in [0, 0.05) is 6.04 Å². The highest BCUT2D eigenvalue weighted by atomic mass is 19.4. The van der Waals surface area contributed by atoms with Gasteiger partial charge in [0.1, 0.15) is 5.82 Å². The van der Waals surface area contributed by atoms with E-state index in [4.69, 9.17) is 10.8 Å². The molecule has 0 radical (unpaired) electrons. The van der Waals surface area contributed by atoms with Crippen LogP contribution < -0.4 is 5.73 Å². The van der Waals surface area contributed by atoms with Crippen molar-refractivity contribution >= 4 is 0 Å². The van der Waals surface area contributed by atoms with E-state index in [1.807, 2.05) is 0 Å². The van der Waals surface area contributed by atoms with Crippen LogP contribution in [0.4, 0.5) is 17.6 Å². The van der Waals surface area contributed by atoms with E-state index >= 15 is 0 Å². The van der Waals surface area contributed by atoms with Gasteiger partial charge in [0.25, 0.3) is 0 Å². The second-order valence-corrected chi connectivity index (χ2v) is 3.95. The maximum atomic E-state index is 13.0. The number of hydrogen-bond acceptors (Lipinski definition) is 2. The van der Waals surface area contributed by atoms with E-state index < -0.39 is 29.7 Å². The van der Waals surface area contributed by atoms with Crippen molar-refractivity contribution in [3.05, 3.63) is 35.1 Å². The molecular weight excluding hydrogens is 238 g/mol. The van der Waals surface area contributed by atoms with E-state index in [0.717, 1.165) is 12.1 Å². The van der Waals surface area contributed by atoms with Crippen LogP contribution in [0.15, 0.2) is 18.2 Å². The number of hydrogen-bond donors (Lipinski definition) is 2. The average Bonchev–Trinajstić information content (AvgIpc) is 2.15. The van der Waals surface area contributed by atoms with Crippen molar-refractivity contribution < 1.29 is 22.7 Å². The topological polar surface area (TPSA) is 46.2 Å². The Hall–Kier alpha value is -1.14. The molecule has 3 N–H and O–H groups in total. The average molecular weight is 251 g/mol. The van der Waals surface area contributed by atoms with E-state index in [1.165, 1.54) is 6.92 Å². The molecule has 2 nitrogen and oxygen atoms in total. The lowest BCUT2D eigenvalue weighted by atomic mass is 10.0. The molecule has 1 rings (SSSR count). The number of halogens is 4. The first-order chi connectivity index (χ1) is 7.70. The Labute approximate surface area is 96.1 Å². The Bertz CT molecular complexity index is 390. The smallest absolute Gasteiger partial charge is 0.392 e. The van der Waals surface area contributed by atoms with Gasteiger partial charge in [-0.25, -0.2) is 4.39 Å². The van der Waals surface area contributed by atoms with Gasteiger partial charge in [0.15, 0.2) is 0 Å². The molecule has 17 heavy (non-hydrogen) atoms. The molecule has 2 atom stereocenters. The molecule has 0 aliphatic carbocycles. The van der Waals surface area contributed by atoms with Crippen LogP contribution in [0, 0.1) is 5.82 Å². The van der Waals surface area contributed by atoms with E-state index in [2.05, 4.69) is 0 Å². The van der Waals surface area contributed by atoms with Crippen molar-refractivity contribution in [2.75, 3.05) is 0 Å². The molecular formula is C11H13F4NO. The van der Waals surface area contributed by atoms with Crippen molar-refractivity contribution in [2.24, 2.45) is 5.73 Å². The number of aliphatic hydroxyl groups is 1. The molecule has 96 valence electrons. The highest BCUT2D eigenvalue weighted by molar-refractivity contribution is 5.27. The normalized spacial score (nSPS) is 15.7. The van der Waals surface area contributed by atoms with Gasteiger partial charge in [-0.2, -0.15) is 13.2 Å². The summed E-state index contributed by atoms with van der Waals surface area (Å²) in [6.07, 6.45) is -5.47. The predicted molar refractivity (Wildman–Crippen MR) is 54.8 cm³/mol. The standard InChI is InChI=1S/C11H13F4NO/c1-6(17)10(16)4-7-2-8(11(13,14)15)5-9(12)3-7/h2-3,5-6,10,17H,4,16H2,1H3/t6-,10+/m1/s1. The first-order valence-electron chi connectivity index (χ1n) is 5.00. The first kappa shape index (κ1) is 13.9. The number of aliphatic hydroxyl groups excluding tert-OH is 1. The minimum atomic E-state index is -4.59. The Kier molecular flexibility index (Phi) is 4.11. The number of rotatable bonds is 3. The van der Waals surface area contributed by atoms with Crippen LogP contribution in [0.25, 0.3) is 0 Å². The highest BCUT2D eigenvalue weighted by Gasteiger charge is 2.31. The van der Waals surface area contributed by atoms with Gasteiger partial charge in [-0.1, -0.05) is 0 Å². The van der Waals surface area contributed by atoms with Crippen molar-refractivity contribution in [2.45, 2.75) is 31.7 Å². The fourth-order valence-corrected chi connectivity index (χ4v) is 1.37. The lowest BCUT2D eigenvalue weighted by Gasteiger charge is -2.16. The largest absolute Gasteiger partial charge is 0.416 e. The third kappa shape index (κ3) is 3.98. The van der Waals surface area contributed by atoms with Gasteiger partial charge < -0.3 is 10.8 Å². The van der Waals surface area contributed by atoms with E-state index in [9.17, 15) is 17.6 Å². The summed E-state index contributed by atoms with van der Waals surface area (Å²) < 4.78 is 50.2. The molecule has 0 amide bonds. The minimum Gasteiger partial charge on any atom is -0.392 e. The summed E-state index contributed by atoms with van der Waals surface area (Å²) in [6, 6.07) is 1.53.